The first-order valence-corrected chi connectivity index (χ1v) is 1.82. The Labute approximate surface area is 41.3 Å². The summed E-state index contributed by atoms with van der Waals surface area (Å²) in [7, 11) is 0. The summed E-state index contributed by atoms with van der Waals surface area (Å²) < 4.78 is 3.87. The number of hydrogen-bond acceptors (Lipinski definition) is 2. The van der Waals surface area contributed by atoms with Crippen LogP contribution in [0.25, 0.3) is 0 Å². The van der Waals surface area contributed by atoms with E-state index in [1.54, 1.807) is 0 Å². The van der Waals surface area contributed by atoms with Gasteiger partial charge in [0.25, 0.3) is 0 Å². The second-order valence-electron chi connectivity index (χ2n) is 1.14. The van der Waals surface area contributed by atoms with E-state index in [2.05, 4.69) is 11.2 Å². The van der Waals surface area contributed by atoms with Gasteiger partial charge in [-0.2, -0.15) is 0 Å². The van der Waals surface area contributed by atoms with Crippen molar-refractivity contribution < 1.29 is 14.3 Å². The van der Waals surface area contributed by atoms with Crippen molar-refractivity contribution in [2.45, 2.75) is 13.0 Å². The molecule has 40 valence electrons. The predicted molar refractivity (Wildman–Crippen MR) is 23.8 cm³/mol. The van der Waals surface area contributed by atoms with Crippen LogP contribution in [0, 0.1) is 0 Å². The standard InChI is InChI=1S/C4H7O3/c1-3(5)4(6)7-2/h3,5H,2H2,1H3/q+1/t3-/m0/s1. The zero-order valence-corrected chi connectivity index (χ0v) is 4.05. The lowest BCUT2D eigenvalue weighted by molar-refractivity contribution is -0.375. The average molecular weight is 103 g/mol. The zero-order valence-electron chi connectivity index (χ0n) is 4.05. The van der Waals surface area contributed by atoms with Crippen LogP contribution in [-0.4, -0.2) is 24.0 Å². The van der Waals surface area contributed by atoms with E-state index in [-0.39, 0.29) is 0 Å². The number of aliphatic hydroxyl groups is 1. The summed E-state index contributed by atoms with van der Waals surface area (Å²) in [5, 5.41) is 8.31. The van der Waals surface area contributed by atoms with Crippen molar-refractivity contribution in [3.63, 3.8) is 0 Å². The molecule has 0 rings (SSSR count). The Balaban J connectivity index is 3.56. The molecular weight excluding hydrogens is 96.0 g/mol. The van der Waals surface area contributed by atoms with Crippen molar-refractivity contribution in [2.75, 3.05) is 0 Å². The zero-order chi connectivity index (χ0) is 5.86. The molecule has 0 amide bonds. The van der Waals surface area contributed by atoms with Gasteiger partial charge in [-0.25, -0.2) is 0 Å². The molecule has 0 aromatic carbocycles. The van der Waals surface area contributed by atoms with Crippen LogP contribution < -0.4 is 0 Å². The van der Waals surface area contributed by atoms with Gasteiger partial charge in [0.05, 0.1) is 4.79 Å². The summed E-state index contributed by atoms with van der Waals surface area (Å²) in [6, 6.07) is 0. The highest BCUT2D eigenvalue weighted by Gasteiger charge is 2.18. The van der Waals surface area contributed by atoms with Crippen molar-refractivity contribution in [1.82, 2.24) is 0 Å². The summed E-state index contributed by atoms with van der Waals surface area (Å²) >= 11 is 0. The highest BCUT2D eigenvalue weighted by Crippen LogP contribution is 1.76. The highest BCUT2D eigenvalue weighted by molar-refractivity contribution is 5.70. The first-order chi connectivity index (χ1) is 3.18. The second kappa shape index (κ2) is 2.47. The topological polar surface area (TPSA) is 48.6 Å². The molecular formula is C4H7O3+. The molecule has 0 aliphatic heterocycles. The maximum atomic E-state index is 9.98. The third kappa shape index (κ3) is 2.05. The quantitative estimate of drug-likeness (QED) is 0.444. The smallest absolute Gasteiger partial charge is 0.377 e. The van der Waals surface area contributed by atoms with Gasteiger partial charge in [-0.05, 0) is 6.92 Å². The molecule has 3 heteroatoms. The van der Waals surface area contributed by atoms with E-state index >= 15 is 0 Å². The van der Waals surface area contributed by atoms with Gasteiger partial charge in [0.1, 0.15) is 0 Å². The van der Waals surface area contributed by atoms with Gasteiger partial charge < -0.3 is 5.11 Å². The third-order valence-electron chi connectivity index (χ3n) is 0.483. The molecule has 0 bridgehead atoms. The Hall–Kier alpha value is -0.700. The van der Waals surface area contributed by atoms with E-state index in [1.165, 1.54) is 6.92 Å². The predicted octanol–water partition coefficient (Wildman–Crippen LogP) is -0.742. The van der Waals surface area contributed by atoms with Gasteiger partial charge in [0, 0.05) is 0 Å². The summed E-state index contributed by atoms with van der Waals surface area (Å²) in [5.74, 6) is -0.708. The Kier molecular flexibility index (Phi) is 2.22. The van der Waals surface area contributed by atoms with E-state index in [1.807, 2.05) is 0 Å². The number of aliphatic hydroxyl groups excluding tert-OH is 1. The number of carbonyl (C=O) groups is 1. The van der Waals surface area contributed by atoms with E-state index in [9.17, 15) is 4.79 Å². The fourth-order valence-corrected chi connectivity index (χ4v) is 0.121. The maximum Gasteiger partial charge on any atom is 0.607 e. The molecule has 7 heavy (non-hydrogen) atoms. The molecule has 0 aromatic rings. The van der Waals surface area contributed by atoms with Gasteiger partial charge >= 0.3 is 5.97 Å². The molecule has 0 aromatic heterocycles. The first kappa shape index (κ1) is 6.30. The van der Waals surface area contributed by atoms with Crippen molar-refractivity contribution in [2.24, 2.45) is 0 Å². The fraction of sp³-hybridized carbons (Fsp3) is 0.500. The van der Waals surface area contributed by atoms with Crippen molar-refractivity contribution in [3.05, 3.63) is 0 Å². The SMILES string of the molecule is C=[O+]C(=O)[C@H](C)O. The van der Waals surface area contributed by atoms with Crippen LogP contribution in [0.5, 0.6) is 0 Å². The van der Waals surface area contributed by atoms with Crippen LogP contribution in [0.2, 0.25) is 0 Å². The van der Waals surface area contributed by atoms with Crippen LogP contribution in [0.1, 0.15) is 6.92 Å². The molecule has 0 aliphatic rings. The van der Waals surface area contributed by atoms with E-state index in [0.717, 1.165) is 0 Å². The summed E-state index contributed by atoms with van der Waals surface area (Å²) in [5.41, 5.74) is 0. The van der Waals surface area contributed by atoms with E-state index in [0.29, 0.717) is 0 Å². The van der Waals surface area contributed by atoms with Crippen molar-refractivity contribution in [3.8, 4) is 0 Å². The van der Waals surface area contributed by atoms with Gasteiger partial charge in [-0.1, -0.05) is 0 Å². The number of carbonyl (C=O) groups excluding carboxylic acids is 2. The van der Waals surface area contributed by atoms with Gasteiger partial charge in [0.15, 0.2) is 6.79 Å². The average Bonchev–Trinajstić information content (AvgIpc) is 1.65. The van der Waals surface area contributed by atoms with Crippen LogP contribution in [0.4, 0.5) is 0 Å². The molecule has 0 spiro atoms. The Bertz CT molecular complexity index is 84.9. The second-order valence-corrected chi connectivity index (χ2v) is 1.14. The van der Waals surface area contributed by atoms with Crippen LogP contribution >= 0.6 is 0 Å². The van der Waals surface area contributed by atoms with Crippen LogP contribution in [0.15, 0.2) is 0 Å². The van der Waals surface area contributed by atoms with E-state index < -0.39 is 12.1 Å². The molecule has 0 aliphatic carbocycles. The minimum absolute atomic E-state index is 0.708. The molecule has 1 N–H and O–H groups in total. The third-order valence-corrected chi connectivity index (χ3v) is 0.483. The van der Waals surface area contributed by atoms with Crippen molar-refractivity contribution >= 4 is 12.8 Å². The molecule has 0 unspecified atom stereocenters. The van der Waals surface area contributed by atoms with Crippen LogP contribution in [0.3, 0.4) is 0 Å². The number of hydrogen-bond donors (Lipinski definition) is 1. The normalized spacial score (nSPS) is 12.9. The number of rotatable bonds is 1. The van der Waals surface area contributed by atoms with Gasteiger partial charge in [0.2, 0.25) is 6.10 Å². The molecule has 3 nitrogen and oxygen atoms in total. The minimum Gasteiger partial charge on any atom is -0.377 e. The lowest BCUT2D eigenvalue weighted by Crippen LogP contribution is -2.14. The van der Waals surface area contributed by atoms with Gasteiger partial charge in [-0.15, -0.1) is 0 Å². The Morgan fingerprint density at radius 1 is 2.00 bits per heavy atom. The fourth-order valence-electron chi connectivity index (χ4n) is 0.121. The monoisotopic (exact) mass is 103 g/mol. The lowest BCUT2D eigenvalue weighted by atomic mass is 10.4. The summed E-state index contributed by atoms with van der Waals surface area (Å²) in [6.07, 6.45) is -1.06. The van der Waals surface area contributed by atoms with Crippen LogP contribution in [-0.2, 0) is 9.22 Å². The first-order valence-electron chi connectivity index (χ1n) is 1.82. The largest absolute Gasteiger partial charge is 0.607 e. The van der Waals surface area contributed by atoms with Crippen molar-refractivity contribution in [1.29, 1.82) is 0 Å². The molecule has 0 heterocycles. The lowest BCUT2D eigenvalue weighted by Gasteiger charge is -1.80. The molecule has 0 fully saturated rings. The molecule has 0 saturated heterocycles. The molecule has 0 saturated carbocycles. The summed E-state index contributed by atoms with van der Waals surface area (Å²) in [4.78, 5) is 9.98. The Morgan fingerprint density at radius 2 is 2.43 bits per heavy atom. The van der Waals surface area contributed by atoms with E-state index in [4.69, 9.17) is 5.11 Å². The Morgan fingerprint density at radius 3 is 2.43 bits per heavy atom. The highest BCUT2D eigenvalue weighted by atomic mass is 16.5. The summed E-state index contributed by atoms with van der Waals surface area (Å²) in [6.45, 7) is 4.11. The molecule has 0 radical (unpaired) electrons. The minimum atomic E-state index is -1.06. The molecule has 1 atom stereocenters. The maximum absolute atomic E-state index is 9.98. The van der Waals surface area contributed by atoms with Gasteiger partial charge in [-0.3, -0.25) is 4.42 Å².